The van der Waals surface area contributed by atoms with E-state index in [1.165, 1.54) is 15.9 Å². The number of rotatable bonds is 7. The van der Waals surface area contributed by atoms with Crippen LogP contribution in [0.4, 0.5) is 0 Å². The Morgan fingerprint density at radius 3 is 2.05 bits per heavy atom. The Morgan fingerprint density at radius 2 is 1.59 bits per heavy atom. The van der Waals surface area contributed by atoms with Crippen molar-refractivity contribution in [2.24, 2.45) is 0 Å². The fraction of sp³-hybridized carbons (Fsp3) is 0.143. The molecule has 0 fully saturated rings. The Bertz CT molecular complexity index is 545. The van der Waals surface area contributed by atoms with E-state index in [1.807, 2.05) is 44.2 Å². The van der Waals surface area contributed by atoms with Crippen LogP contribution in [0.2, 0.25) is 0 Å². The maximum Gasteiger partial charge on any atom is -0.0138 e. The van der Waals surface area contributed by atoms with Crippen molar-refractivity contribution in [2.45, 2.75) is 20.8 Å². The fourth-order valence-electron chi connectivity index (χ4n) is 1.85. The topological polar surface area (TPSA) is 0 Å². The second-order valence-electron chi connectivity index (χ2n) is 4.01. The second kappa shape index (κ2) is 12.8. The van der Waals surface area contributed by atoms with Crippen LogP contribution < -0.4 is 5.30 Å². The van der Waals surface area contributed by atoms with Crippen LogP contribution >= 0.6 is 7.92 Å². The van der Waals surface area contributed by atoms with Crippen LogP contribution in [-0.4, -0.2) is 0 Å². The van der Waals surface area contributed by atoms with Gasteiger partial charge in [0, 0.05) is 0 Å². The van der Waals surface area contributed by atoms with Gasteiger partial charge in [0.05, 0.1) is 0 Å². The normalized spacial score (nSPS) is 13.0. The maximum atomic E-state index is 3.95. The van der Waals surface area contributed by atoms with Gasteiger partial charge in [-0.15, -0.1) is 0 Å². The Morgan fingerprint density at radius 1 is 0.955 bits per heavy atom. The summed E-state index contributed by atoms with van der Waals surface area (Å²) < 4.78 is 0. The van der Waals surface area contributed by atoms with Gasteiger partial charge in [-0.3, -0.25) is 0 Å². The largest absolute Gasteiger partial charge is 0.0991 e. The molecule has 0 aliphatic heterocycles. The first-order chi connectivity index (χ1) is 10.8. The minimum absolute atomic E-state index is 0.602. The molecule has 1 aromatic rings. The minimum Gasteiger partial charge on any atom is -0.0991 e. The first kappa shape index (κ1) is 20.1. The molecule has 0 bridgehead atoms. The van der Waals surface area contributed by atoms with Crippen molar-refractivity contribution >= 4 is 13.2 Å². The van der Waals surface area contributed by atoms with E-state index in [4.69, 9.17) is 0 Å². The summed E-state index contributed by atoms with van der Waals surface area (Å²) >= 11 is 0. The van der Waals surface area contributed by atoms with Crippen LogP contribution in [0.15, 0.2) is 103 Å². The fourth-order valence-corrected chi connectivity index (χ4v) is 4.14. The van der Waals surface area contributed by atoms with E-state index in [9.17, 15) is 0 Å². The van der Waals surface area contributed by atoms with Gasteiger partial charge in [0.15, 0.2) is 0 Å². The minimum atomic E-state index is -0.602. The Balaban J connectivity index is 0.00000211. The SMILES string of the molecule is C=C/C=C\C(=C/C)P(/C(C=C)=C/C=C)c1ccccc1.CC. The highest BCUT2D eigenvalue weighted by Crippen LogP contribution is 2.52. The van der Waals surface area contributed by atoms with Gasteiger partial charge < -0.3 is 0 Å². The lowest BCUT2D eigenvalue weighted by Gasteiger charge is -2.20. The maximum absolute atomic E-state index is 3.95. The number of allylic oxidation sites excluding steroid dienone is 9. The van der Waals surface area contributed by atoms with E-state index in [-0.39, 0.29) is 0 Å². The molecule has 0 radical (unpaired) electrons. The molecule has 0 heterocycles. The summed E-state index contributed by atoms with van der Waals surface area (Å²) in [5, 5.41) is 3.78. The first-order valence-corrected chi connectivity index (χ1v) is 8.88. The van der Waals surface area contributed by atoms with Crippen molar-refractivity contribution in [3.8, 4) is 0 Å². The molecule has 0 amide bonds. The molecular formula is C21H27P. The summed E-state index contributed by atoms with van der Waals surface area (Å²) in [6.07, 6.45) is 13.8. The zero-order valence-electron chi connectivity index (χ0n) is 14.0. The van der Waals surface area contributed by atoms with Gasteiger partial charge in [0.1, 0.15) is 0 Å². The van der Waals surface area contributed by atoms with Crippen molar-refractivity contribution < 1.29 is 0 Å². The highest BCUT2D eigenvalue weighted by molar-refractivity contribution is 7.74. The summed E-state index contributed by atoms with van der Waals surface area (Å²) in [6.45, 7) is 17.6. The average molecular weight is 310 g/mol. The molecule has 1 aromatic carbocycles. The molecule has 0 saturated carbocycles. The molecule has 0 N–H and O–H groups in total. The van der Waals surface area contributed by atoms with Crippen LogP contribution in [0.5, 0.6) is 0 Å². The predicted octanol–water partition coefficient (Wildman–Crippen LogP) is 6.72. The number of benzene rings is 1. The lowest BCUT2D eigenvalue weighted by atomic mass is 10.4. The monoisotopic (exact) mass is 310 g/mol. The standard InChI is InChI=1S/C19H21P.C2H6/c1-5-9-14-18(8-4)20(17(7-3)13-6-2)19-15-11-10-12-16-19;1-2/h5-16H,1-3H2,4H3;1-2H3/b14-9-,17-13+,18-8+;. The van der Waals surface area contributed by atoms with Crippen molar-refractivity contribution in [3.63, 3.8) is 0 Å². The molecule has 0 saturated heterocycles. The van der Waals surface area contributed by atoms with Crippen molar-refractivity contribution in [1.82, 2.24) is 0 Å². The zero-order chi connectivity index (χ0) is 16.8. The third-order valence-electron chi connectivity index (χ3n) is 2.73. The third kappa shape index (κ3) is 6.24. The van der Waals surface area contributed by atoms with Crippen LogP contribution in [0.25, 0.3) is 0 Å². The van der Waals surface area contributed by atoms with Gasteiger partial charge >= 0.3 is 0 Å². The van der Waals surface area contributed by atoms with E-state index >= 15 is 0 Å². The summed E-state index contributed by atoms with van der Waals surface area (Å²) in [5.41, 5.74) is 0. The second-order valence-corrected chi connectivity index (χ2v) is 6.23. The zero-order valence-corrected chi connectivity index (χ0v) is 14.9. The molecule has 116 valence electrons. The summed E-state index contributed by atoms with van der Waals surface area (Å²) in [7, 11) is -0.602. The molecule has 0 aliphatic rings. The molecule has 0 spiro atoms. The third-order valence-corrected chi connectivity index (χ3v) is 5.31. The lowest BCUT2D eigenvalue weighted by molar-refractivity contribution is 1.50. The quantitative estimate of drug-likeness (QED) is 0.387. The van der Waals surface area contributed by atoms with E-state index in [1.54, 1.807) is 6.08 Å². The van der Waals surface area contributed by atoms with Gasteiger partial charge in [-0.1, -0.05) is 106 Å². The molecule has 22 heavy (non-hydrogen) atoms. The number of hydrogen-bond donors (Lipinski definition) is 0. The van der Waals surface area contributed by atoms with Crippen LogP contribution in [-0.2, 0) is 0 Å². The van der Waals surface area contributed by atoms with Gasteiger partial charge in [0.2, 0.25) is 0 Å². The van der Waals surface area contributed by atoms with E-state index in [0.29, 0.717) is 0 Å². The van der Waals surface area contributed by atoms with Crippen molar-refractivity contribution in [3.05, 3.63) is 103 Å². The Kier molecular flexibility index (Phi) is 11.7. The van der Waals surface area contributed by atoms with Gasteiger partial charge in [-0.25, -0.2) is 0 Å². The lowest BCUT2D eigenvalue weighted by Crippen LogP contribution is -2.02. The van der Waals surface area contributed by atoms with Crippen LogP contribution in [0.3, 0.4) is 0 Å². The van der Waals surface area contributed by atoms with E-state index < -0.39 is 7.92 Å². The Hall–Kier alpha value is -1.91. The molecule has 1 heteroatoms. The highest BCUT2D eigenvalue weighted by atomic mass is 31.1. The molecular weight excluding hydrogens is 283 g/mol. The van der Waals surface area contributed by atoms with Crippen molar-refractivity contribution in [1.29, 1.82) is 0 Å². The number of hydrogen-bond acceptors (Lipinski definition) is 0. The van der Waals surface area contributed by atoms with Crippen molar-refractivity contribution in [2.75, 3.05) is 0 Å². The predicted molar refractivity (Wildman–Crippen MR) is 106 cm³/mol. The van der Waals surface area contributed by atoms with Gasteiger partial charge in [-0.2, -0.15) is 0 Å². The molecule has 0 aliphatic carbocycles. The van der Waals surface area contributed by atoms with E-state index in [0.717, 1.165) is 0 Å². The van der Waals surface area contributed by atoms with Crippen LogP contribution in [0, 0.1) is 0 Å². The molecule has 1 unspecified atom stereocenters. The van der Waals surface area contributed by atoms with Crippen LogP contribution in [0.1, 0.15) is 20.8 Å². The smallest absolute Gasteiger partial charge is 0.0138 e. The molecule has 1 rings (SSSR count). The summed E-state index contributed by atoms with van der Waals surface area (Å²) in [6, 6.07) is 10.5. The Labute approximate surface area is 137 Å². The first-order valence-electron chi connectivity index (χ1n) is 7.54. The highest BCUT2D eigenvalue weighted by Gasteiger charge is 2.16. The van der Waals surface area contributed by atoms with Gasteiger partial charge in [0.25, 0.3) is 0 Å². The molecule has 0 aromatic heterocycles. The molecule has 0 nitrogen and oxygen atoms in total. The average Bonchev–Trinajstić information content (AvgIpc) is 2.59. The van der Waals surface area contributed by atoms with E-state index in [2.05, 4.69) is 63.1 Å². The van der Waals surface area contributed by atoms with Gasteiger partial charge in [-0.05, 0) is 30.8 Å². The summed E-state index contributed by atoms with van der Waals surface area (Å²) in [5.74, 6) is 0. The summed E-state index contributed by atoms with van der Waals surface area (Å²) in [4.78, 5) is 0. The molecule has 1 atom stereocenters.